The van der Waals surface area contributed by atoms with E-state index in [4.69, 9.17) is 4.42 Å². The maximum absolute atomic E-state index is 11.7. The van der Waals surface area contributed by atoms with Gasteiger partial charge in [0.2, 0.25) is 0 Å². The molecule has 0 amide bonds. The summed E-state index contributed by atoms with van der Waals surface area (Å²) >= 11 is 0. The van der Waals surface area contributed by atoms with E-state index in [0.717, 1.165) is 10.8 Å². The van der Waals surface area contributed by atoms with Gasteiger partial charge in [0.15, 0.2) is 5.52 Å². The number of rotatable bonds is 0. The third kappa shape index (κ3) is 1.20. The van der Waals surface area contributed by atoms with Gasteiger partial charge in [-0.05, 0) is 13.0 Å². The van der Waals surface area contributed by atoms with Gasteiger partial charge in [-0.1, -0.05) is 18.2 Å². The third-order valence-corrected chi connectivity index (χ3v) is 2.48. The van der Waals surface area contributed by atoms with Gasteiger partial charge in [-0.3, -0.25) is 0 Å². The Morgan fingerprint density at radius 3 is 2.88 bits per heavy atom. The number of para-hydroxylation sites is 1. The smallest absolute Gasteiger partial charge is 0.363 e. The van der Waals surface area contributed by atoms with Crippen LogP contribution in [0.25, 0.3) is 21.9 Å². The summed E-state index contributed by atoms with van der Waals surface area (Å²) in [4.78, 5) is 19.9. The van der Waals surface area contributed by atoms with Gasteiger partial charge in [-0.15, -0.1) is 0 Å². The van der Waals surface area contributed by atoms with E-state index >= 15 is 0 Å². The van der Waals surface area contributed by atoms with Gasteiger partial charge in [-0.2, -0.15) is 0 Å². The quantitative estimate of drug-likeness (QED) is 0.422. The lowest BCUT2D eigenvalue weighted by Gasteiger charge is -2.01. The summed E-state index contributed by atoms with van der Waals surface area (Å²) in [7, 11) is 0. The van der Waals surface area contributed by atoms with Crippen molar-refractivity contribution in [2.45, 2.75) is 6.92 Å². The Morgan fingerprint density at radius 1 is 1.19 bits per heavy atom. The van der Waals surface area contributed by atoms with Crippen LogP contribution >= 0.6 is 0 Å². The lowest BCUT2D eigenvalue weighted by molar-refractivity contribution is 0.567. The van der Waals surface area contributed by atoms with Crippen LogP contribution in [-0.2, 0) is 0 Å². The molecule has 0 bridgehead atoms. The SMILES string of the molecule is Cc1ncc2c(n1)c(=O)oc1ccccc12. The molecular weight excluding hydrogens is 204 g/mol. The van der Waals surface area contributed by atoms with E-state index in [1.807, 2.05) is 18.2 Å². The molecule has 3 rings (SSSR count). The Morgan fingerprint density at radius 2 is 2.00 bits per heavy atom. The maximum Gasteiger partial charge on any atom is 0.363 e. The van der Waals surface area contributed by atoms with Crippen LogP contribution in [0.4, 0.5) is 0 Å². The molecule has 78 valence electrons. The molecule has 0 spiro atoms. The fourth-order valence-corrected chi connectivity index (χ4v) is 1.75. The van der Waals surface area contributed by atoms with Crippen LogP contribution in [0.2, 0.25) is 0 Å². The number of aryl methyl sites for hydroxylation is 1. The Balaban J connectivity index is 2.65. The van der Waals surface area contributed by atoms with Gasteiger partial charge >= 0.3 is 5.63 Å². The summed E-state index contributed by atoms with van der Waals surface area (Å²) < 4.78 is 5.18. The summed E-state index contributed by atoms with van der Waals surface area (Å²) in [6.07, 6.45) is 1.66. The molecule has 0 unspecified atom stereocenters. The molecule has 16 heavy (non-hydrogen) atoms. The van der Waals surface area contributed by atoms with Gasteiger partial charge in [0.1, 0.15) is 11.4 Å². The van der Waals surface area contributed by atoms with Crippen LogP contribution < -0.4 is 5.63 Å². The van der Waals surface area contributed by atoms with Gasteiger partial charge < -0.3 is 4.42 Å². The molecule has 0 saturated carbocycles. The summed E-state index contributed by atoms with van der Waals surface area (Å²) in [5.74, 6) is 0.565. The molecule has 0 radical (unpaired) electrons. The molecule has 2 heterocycles. The van der Waals surface area contributed by atoms with Crippen LogP contribution in [-0.4, -0.2) is 9.97 Å². The first-order valence-electron chi connectivity index (χ1n) is 4.91. The zero-order chi connectivity index (χ0) is 11.1. The molecule has 1 aromatic carbocycles. The zero-order valence-corrected chi connectivity index (χ0v) is 8.60. The van der Waals surface area contributed by atoms with Crippen molar-refractivity contribution in [3.8, 4) is 0 Å². The number of benzene rings is 1. The highest BCUT2D eigenvalue weighted by Crippen LogP contribution is 2.20. The standard InChI is InChI=1S/C12H8N2O2/c1-7-13-6-9-8-4-2-3-5-10(8)16-12(15)11(9)14-7/h2-6H,1H3. The molecular formula is C12H8N2O2. The average Bonchev–Trinajstić information content (AvgIpc) is 2.29. The largest absolute Gasteiger partial charge is 0.421 e. The van der Waals surface area contributed by atoms with Crippen molar-refractivity contribution >= 4 is 21.9 Å². The minimum absolute atomic E-state index is 0.339. The second-order valence-corrected chi connectivity index (χ2v) is 3.57. The zero-order valence-electron chi connectivity index (χ0n) is 8.60. The summed E-state index contributed by atoms with van der Waals surface area (Å²) in [6, 6.07) is 7.36. The number of hydrogen-bond donors (Lipinski definition) is 0. The molecule has 0 aliphatic carbocycles. The molecule has 0 saturated heterocycles. The molecule has 2 aromatic heterocycles. The molecule has 4 heteroatoms. The minimum Gasteiger partial charge on any atom is -0.421 e. The van der Waals surface area contributed by atoms with Crippen molar-refractivity contribution < 1.29 is 4.42 Å². The van der Waals surface area contributed by atoms with Gasteiger partial charge in [-0.25, -0.2) is 14.8 Å². The predicted octanol–water partition coefficient (Wildman–Crippen LogP) is 2.04. The van der Waals surface area contributed by atoms with Gasteiger partial charge in [0.25, 0.3) is 0 Å². The van der Waals surface area contributed by atoms with E-state index in [1.54, 1.807) is 19.2 Å². The average molecular weight is 212 g/mol. The van der Waals surface area contributed by atoms with E-state index in [1.165, 1.54) is 0 Å². The molecule has 0 N–H and O–H groups in total. The van der Waals surface area contributed by atoms with Crippen molar-refractivity contribution in [3.63, 3.8) is 0 Å². The van der Waals surface area contributed by atoms with Crippen LogP contribution in [0.5, 0.6) is 0 Å². The first kappa shape index (κ1) is 9.03. The Labute approximate surface area is 90.6 Å². The lowest BCUT2D eigenvalue weighted by Crippen LogP contribution is -2.04. The number of hydrogen-bond acceptors (Lipinski definition) is 4. The fraction of sp³-hybridized carbons (Fsp3) is 0.0833. The molecule has 4 nitrogen and oxygen atoms in total. The summed E-state index contributed by atoms with van der Waals surface area (Å²) in [5, 5.41) is 1.59. The number of fused-ring (bicyclic) bond motifs is 3. The van der Waals surface area contributed by atoms with Gasteiger partial charge in [0.05, 0.1) is 0 Å². The highest BCUT2D eigenvalue weighted by molar-refractivity contribution is 6.02. The first-order valence-corrected chi connectivity index (χ1v) is 4.91. The molecule has 3 aromatic rings. The lowest BCUT2D eigenvalue weighted by atomic mass is 10.1. The van der Waals surface area contributed by atoms with Gasteiger partial charge in [0, 0.05) is 17.0 Å². The fourth-order valence-electron chi connectivity index (χ4n) is 1.75. The second kappa shape index (κ2) is 3.13. The van der Waals surface area contributed by atoms with E-state index in [-0.39, 0.29) is 0 Å². The van der Waals surface area contributed by atoms with E-state index in [9.17, 15) is 4.79 Å². The molecule has 0 aliphatic rings. The third-order valence-electron chi connectivity index (χ3n) is 2.48. The molecule has 0 fully saturated rings. The van der Waals surface area contributed by atoms with E-state index in [2.05, 4.69) is 9.97 Å². The Hall–Kier alpha value is -2.23. The van der Waals surface area contributed by atoms with Crippen LogP contribution in [0.3, 0.4) is 0 Å². The van der Waals surface area contributed by atoms with Crippen molar-refractivity contribution in [2.24, 2.45) is 0 Å². The van der Waals surface area contributed by atoms with E-state index in [0.29, 0.717) is 16.9 Å². The van der Waals surface area contributed by atoms with Crippen LogP contribution in [0, 0.1) is 6.92 Å². The first-order chi connectivity index (χ1) is 7.75. The van der Waals surface area contributed by atoms with Crippen molar-refractivity contribution in [2.75, 3.05) is 0 Å². The monoisotopic (exact) mass is 212 g/mol. The van der Waals surface area contributed by atoms with Crippen molar-refractivity contribution in [1.29, 1.82) is 0 Å². The van der Waals surface area contributed by atoms with Crippen LogP contribution in [0.15, 0.2) is 39.7 Å². The van der Waals surface area contributed by atoms with Crippen molar-refractivity contribution in [1.82, 2.24) is 9.97 Å². The summed E-state index contributed by atoms with van der Waals surface area (Å²) in [5.41, 5.74) is 0.484. The Kier molecular flexibility index (Phi) is 1.77. The topological polar surface area (TPSA) is 56.0 Å². The van der Waals surface area contributed by atoms with Crippen LogP contribution in [0.1, 0.15) is 5.82 Å². The Bertz CT molecular complexity index is 747. The molecule has 0 atom stereocenters. The second-order valence-electron chi connectivity index (χ2n) is 3.57. The predicted molar refractivity (Wildman–Crippen MR) is 60.3 cm³/mol. The highest BCUT2D eigenvalue weighted by atomic mass is 16.4. The maximum atomic E-state index is 11.7. The highest BCUT2D eigenvalue weighted by Gasteiger charge is 2.08. The van der Waals surface area contributed by atoms with Crippen molar-refractivity contribution in [3.05, 3.63) is 46.7 Å². The van der Waals surface area contributed by atoms with E-state index < -0.39 is 5.63 Å². The normalized spacial score (nSPS) is 11.1. The summed E-state index contributed by atoms with van der Waals surface area (Å²) in [6.45, 7) is 1.74. The number of nitrogens with zero attached hydrogens (tertiary/aromatic N) is 2. The molecule has 0 aliphatic heterocycles. The number of aromatic nitrogens is 2. The minimum atomic E-state index is -0.417.